The average molecular weight is 471 g/mol. The summed E-state index contributed by atoms with van der Waals surface area (Å²) in [7, 11) is -1.43. The first kappa shape index (κ1) is 23.3. The number of benzene rings is 4. The SMILES string of the molecule is O=C(O)CN(CP(c1ccccc1)c1ccccc1)CP(c1ccccc1)c1ccccc1. The topological polar surface area (TPSA) is 40.5 Å². The minimum absolute atomic E-state index is 0.0248. The molecule has 4 aromatic carbocycles. The first-order valence-electron chi connectivity index (χ1n) is 10.9. The predicted octanol–water partition coefficient (Wildman–Crippen LogP) is 4.55. The number of hydrogen-bond donors (Lipinski definition) is 1. The lowest BCUT2D eigenvalue weighted by Gasteiger charge is -2.31. The van der Waals surface area contributed by atoms with Crippen molar-refractivity contribution in [2.75, 3.05) is 19.1 Å². The number of hydrogen-bond acceptors (Lipinski definition) is 2. The van der Waals surface area contributed by atoms with E-state index in [2.05, 4.69) is 102 Å². The lowest BCUT2D eigenvalue weighted by molar-refractivity contribution is -0.137. The number of carboxylic acid groups (broad SMARTS) is 1. The van der Waals surface area contributed by atoms with Crippen LogP contribution in [-0.2, 0) is 4.79 Å². The highest BCUT2D eigenvalue weighted by atomic mass is 31.1. The van der Waals surface area contributed by atoms with Crippen molar-refractivity contribution in [3.05, 3.63) is 121 Å². The third-order valence-corrected chi connectivity index (χ3v) is 10.4. The molecule has 0 aliphatic rings. The molecule has 0 aliphatic heterocycles. The highest BCUT2D eigenvalue weighted by Gasteiger charge is 2.24. The zero-order chi connectivity index (χ0) is 22.9. The summed E-state index contributed by atoms with van der Waals surface area (Å²) in [6, 6.07) is 41.9. The number of carbonyl (C=O) groups is 1. The molecule has 0 aromatic heterocycles. The Kier molecular flexibility index (Phi) is 8.39. The fourth-order valence-electron chi connectivity index (χ4n) is 3.79. The van der Waals surface area contributed by atoms with Crippen molar-refractivity contribution in [1.82, 2.24) is 4.90 Å². The van der Waals surface area contributed by atoms with Crippen LogP contribution in [-0.4, -0.2) is 35.1 Å². The summed E-state index contributed by atoms with van der Waals surface area (Å²) in [5, 5.41) is 14.8. The molecule has 0 aliphatic carbocycles. The molecular weight excluding hydrogens is 444 g/mol. The number of nitrogens with zero attached hydrogens (tertiary/aromatic N) is 1. The van der Waals surface area contributed by atoms with E-state index in [-0.39, 0.29) is 6.54 Å². The Morgan fingerprint density at radius 2 is 0.818 bits per heavy atom. The third kappa shape index (κ3) is 6.59. The molecule has 0 unspecified atom stereocenters. The molecule has 0 heterocycles. The Morgan fingerprint density at radius 1 is 0.545 bits per heavy atom. The van der Waals surface area contributed by atoms with Gasteiger partial charge in [-0.2, -0.15) is 0 Å². The first-order valence-corrected chi connectivity index (χ1v) is 14.0. The minimum atomic E-state index is -0.790. The number of rotatable bonds is 10. The zero-order valence-electron chi connectivity index (χ0n) is 18.4. The molecule has 0 bridgehead atoms. The van der Waals surface area contributed by atoms with Crippen LogP contribution in [0.25, 0.3) is 0 Å². The van der Waals surface area contributed by atoms with Crippen LogP contribution < -0.4 is 21.2 Å². The van der Waals surface area contributed by atoms with Crippen molar-refractivity contribution in [3.63, 3.8) is 0 Å². The van der Waals surface area contributed by atoms with Crippen LogP contribution in [0.1, 0.15) is 0 Å². The molecule has 0 spiro atoms. The van der Waals surface area contributed by atoms with E-state index >= 15 is 0 Å². The van der Waals surface area contributed by atoms with Gasteiger partial charge in [0.05, 0.1) is 6.54 Å². The van der Waals surface area contributed by atoms with E-state index in [1.54, 1.807) is 0 Å². The largest absolute Gasteiger partial charge is 0.480 e. The van der Waals surface area contributed by atoms with Crippen molar-refractivity contribution >= 4 is 43.0 Å². The standard InChI is InChI=1S/C28H27NO2P2/c30-28(31)21-29(22-32(24-13-5-1-6-14-24)25-15-7-2-8-16-25)23-33(26-17-9-3-10-18-26)27-19-11-4-12-20-27/h1-20H,21-23H2,(H,30,31). The van der Waals surface area contributed by atoms with Gasteiger partial charge in [-0.3, -0.25) is 9.69 Å². The van der Waals surface area contributed by atoms with E-state index in [9.17, 15) is 9.90 Å². The zero-order valence-corrected chi connectivity index (χ0v) is 20.2. The predicted molar refractivity (Wildman–Crippen MR) is 142 cm³/mol. The molecule has 0 saturated heterocycles. The molecule has 4 rings (SSSR count). The Bertz CT molecular complexity index is 962. The van der Waals surface area contributed by atoms with Gasteiger partial charge in [0.25, 0.3) is 0 Å². The Balaban J connectivity index is 1.68. The molecule has 33 heavy (non-hydrogen) atoms. The summed E-state index contributed by atoms with van der Waals surface area (Å²) in [6.07, 6.45) is 1.41. The van der Waals surface area contributed by atoms with Crippen LogP contribution in [0.5, 0.6) is 0 Å². The van der Waals surface area contributed by atoms with Gasteiger partial charge in [0.2, 0.25) is 0 Å². The molecular formula is C28H27NO2P2. The first-order chi connectivity index (χ1) is 16.2. The molecule has 166 valence electrons. The molecule has 0 saturated carbocycles. The lowest BCUT2D eigenvalue weighted by atomic mass is 10.4. The second kappa shape index (κ2) is 11.9. The van der Waals surface area contributed by atoms with Crippen LogP contribution in [0.4, 0.5) is 0 Å². The van der Waals surface area contributed by atoms with Crippen LogP contribution in [0, 0.1) is 0 Å². The molecule has 0 atom stereocenters. The monoisotopic (exact) mass is 471 g/mol. The molecule has 0 radical (unpaired) electrons. The van der Waals surface area contributed by atoms with E-state index in [0.717, 1.165) is 0 Å². The number of aliphatic carboxylic acids is 1. The van der Waals surface area contributed by atoms with Crippen LogP contribution in [0.2, 0.25) is 0 Å². The Hall–Kier alpha value is -2.83. The van der Waals surface area contributed by atoms with Crippen molar-refractivity contribution in [1.29, 1.82) is 0 Å². The molecule has 1 N–H and O–H groups in total. The second-order valence-corrected chi connectivity index (χ2v) is 12.0. The van der Waals surface area contributed by atoms with Gasteiger partial charge in [-0.25, -0.2) is 0 Å². The van der Waals surface area contributed by atoms with Gasteiger partial charge >= 0.3 is 5.97 Å². The number of carboxylic acids is 1. The van der Waals surface area contributed by atoms with Gasteiger partial charge in [0, 0.05) is 12.6 Å². The van der Waals surface area contributed by atoms with Crippen molar-refractivity contribution in [2.45, 2.75) is 0 Å². The van der Waals surface area contributed by atoms with E-state index in [4.69, 9.17) is 0 Å². The van der Waals surface area contributed by atoms with E-state index < -0.39 is 21.8 Å². The third-order valence-electron chi connectivity index (χ3n) is 5.31. The summed E-state index contributed by atoms with van der Waals surface area (Å²) < 4.78 is 0. The van der Waals surface area contributed by atoms with E-state index in [1.807, 2.05) is 24.3 Å². The van der Waals surface area contributed by atoms with Gasteiger partial charge in [0.1, 0.15) is 0 Å². The maximum Gasteiger partial charge on any atom is 0.317 e. The van der Waals surface area contributed by atoms with Gasteiger partial charge < -0.3 is 5.11 Å². The van der Waals surface area contributed by atoms with Gasteiger partial charge in [0.15, 0.2) is 0 Å². The van der Waals surface area contributed by atoms with Crippen LogP contribution in [0.15, 0.2) is 121 Å². The minimum Gasteiger partial charge on any atom is -0.480 e. The van der Waals surface area contributed by atoms with Crippen molar-refractivity contribution in [3.8, 4) is 0 Å². The maximum atomic E-state index is 11.9. The molecule has 5 heteroatoms. The van der Waals surface area contributed by atoms with Gasteiger partial charge in [-0.15, -0.1) is 0 Å². The Morgan fingerprint density at radius 3 is 1.06 bits per heavy atom. The highest BCUT2D eigenvalue weighted by molar-refractivity contribution is 7.73. The summed E-state index contributed by atoms with van der Waals surface area (Å²) >= 11 is 0. The summed E-state index contributed by atoms with van der Waals surface area (Å²) in [5.74, 6) is -0.790. The second-order valence-electron chi connectivity index (χ2n) is 7.70. The van der Waals surface area contributed by atoms with Crippen LogP contribution in [0.3, 0.4) is 0 Å². The molecule has 4 aromatic rings. The fraction of sp³-hybridized carbons (Fsp3) is 0.107. The summed E-state index contributed by atoms with van der Waals surface area (Å²) in [4.78, 5) is 14.0. The van der Waals surface area contributed by atoms with E-state index in [0.29, 0.717) is 12.6 Å². The van der Waals surface area contributed by atoms with Crippen molar-refractivity contribution in [2.24, 2.45) is 0 Å². The quantitative estimate of drug-likeness (QED) is 0.345. The Labute approximate surface area is 198 Å². The molecule has 0 fully saturated rings. The highest BCUT2D eigenvalue weighted by Crippen LogP contribution is 2.39. The summed E-state index contributed by atoms with van der Waals surface area (Å²) in [5.41, 5.74) is 0. The fourth-order valence-corrected chi connectivity index (χ4v) is 8.53. The molecule has 0 amide bonds. The van der Waals surface area contributed by atoms with Crippen molar-refractivity contribution < 1.29 is 9.90 Å². The average Bonchev–Trinajstić information content (AvgIpc) is 2.87. The van der Waals surface area contributed by atoms with E-state index in [1.165, 1.54) is 21.2 Å². The maximum absolute atomic E-state index is 11.9. The summed E-state index contributed by atoms with van der Waals surface area (Å²) in [6.45, 7) is 0.0248. The molecule has 3 nitrogen and oxygen atoms in total. The van der Waals surface area contributed by atoms with Gasteiger partial charge in [-0.1, -0.05) is 121 Å². The lowest BCUT2D eigenvalue weighted by Crippen LogP contribution is -2.35. The van der Waals surface area contributed by atoms with Gasteiger partial charge in [-0.05, 0) is 37.1 Å². The van der Waals surface area contributed by atoms with Crippen LogP contribution >= 0.6 is 15.8 Å². The smallest absolute Gasteiger partial charge is 0.317 e. The normalized spacial score (nSPS) is 11.2.